The van der Waals surface area contributed by atoms with Crippen LogP contribution in [0.1, 0.15) is 15.9 Å². The van der Waals surface area contributed by atoms with Crippen LogP contribution in [0.3, 0.4) is 0 Å². The van der Waals surface area contributed by atoms with Crippen molar-refractivity contribution in [2.75, 3.05) is 5.73 Å². The Hall–Kier alpha value is -1.17. The molecule has 0 saturated heterocycles. The average Bonchev–Trinajstić information content (AvgIpc) is 2.62. The van der Waals surface area contributed by atoms with Crippen molar-refractivity contribution >= 4 is 46.0 Å². The first-order chi connectivity index (χ1) is 8.40. The fraction of sp³-hybridized carbons (Fsp3) is 0. The molecule has 0 aliphatic heterocycles. The van der Waals surface area contributed by atoms with Gasteiger partial charge >= 0.3 is 0 Å². The van der Waals surface area contributed by atoms with Gasteiger partial charge in [0.05, 0.1) is 21.2 Å². The van der Waals surface area contributed by atoms with Gasteiger partial charge in [0.25, 0.3) is 0 Å². The summed E-state index contributed by atoms with van der Waals surface area (Å²) < 4.78 is 27.2. The molecule has 0 fully saturated rings. The molecule has 2 aromatic rings. The third-order valence-corrected chi connectivity index (χ3v) is 3.70. The molecule has 94 valence electrons. The van der Waals surface area contributed by atoms with E-state index in [9.17, 15) is 13.6 Å². The maximum absolute atomic E-state index is 13.7. The van der Waals surface area contributed by atoms with Crippen molar-refractivity contribution in [3.8, 4) is 0 Å². The van der Waals surface area contributed by atoms with Gasteiger partial charge in [-0.25, -0.2) is 8.78 Å². The lowest BCUT2D eigenvalue weighted by Crippen LogP contribution is -2.07. The predicted molar refractivity (Wildman–Crippen MR) is 68.5 cm³/mol. The van der Waals surface area contributed by atoms with Crippen LogP contribution in [0.25, 0.3) is 0 Å². The van der Waals surface area contributed by atoms with Crippen LogP contribution in [-0.2, 0) is 0 Å². The number of ketones is 1. The van der Waals surface area contributed by atoms with Gasteiger partial charge in [0.15, 0.2) is 11.6 Å². The van der Waals surface area contributed by atoms with Crippen molar-refractivity contribution in [3.05, 3.63) is 49.6 Å². The van der Waals surface area contributed by atoms with E-state index < -0.39 is 28.7 Å². The van der Waals surface area contributed by atoms with Gasteiger partial charge in [-0.3, -0.25) is 4.79 Å². The molecule has 7 heteroatoms. The Kier molecular flexibility index (Phi) is 3.56. The van der Waals surface area contributed by atoms with Crippen molar-refractivity contribution in [2.24, 2.45) is 0 Å². The van der Waals surface area contributed by atoms with Gasteiger partial charge in [0.1, 0.15) is 10.2 Å². The summed E-state index contributed by atoms with van der Waals surface area (Å²) in [6.07, 6.45) is 0. The quantitative estimate of drug-likeness (QED) is 0.669. The number of rotatable bonds is 2. The van der Waals surface area contributed by atoms with Gasteiger partial charge in [0, 0.05) is 0 Å². The summed E-state index contributed by atoms with van der Waals surface area (Å²) in [5, 5.41) is 0. The van der Waals surface area contributed by atoms with Crippen molar-refractivity contribution in [3.63, 3.8) is 0 Å². The largest absolute Gasteiger partial charge is 0.396 e. The number of hydrogen-bond acceptors (Lipinski definition) is 3. The van der Waals surface area contributed by atoms with E-state index in [4.69, 9.17) is 28.9 Å². The van der Waals surface area contributed by atoms with E-state index in [1.807, 2.05) is 0 Å². The lowest BCUT2D eigenvalue weighted by molar-refractivity contribution is 0.103. The van der Waals surface area contributed by atoms with Crippen molar-refractivity contribution < 1.29 is 13.6 Å². The van der Waals surface area contributed by atoms with Crippen LogP contribution in [0.5, 0.6) is 0 Å². The van der Waals surface area contributed by atoms with Crippen LogP contribution in [0.2, 0.25) is 8.67 Å². The number of nitrogen functional groups attached to an aromatic ring is 1. The molecule has 2 nitrogen and oxygen atoms in total. The minimum atomic E-state index is -0.972. The Balaban J connectivity index is 2.56. The van der Waals surface area contributed by atoms with Crippen LogP contribution in [0.15, 0.2) is 18.2 Å². The molecular formula is C11H5Cl2F2NOS. The SMILES string of the molecule is Nc1cc(F)cc(C(=O)c2cc(Cl)sc2Cl)c1F. The number of carbonyl (C=O) groups is 1. The molecular weight excluding hydrogens is 303 g/mol. The summed E-state index contributed by atoms with van der Waals surface area (Å²) in [5.41, 5.74) is 4.38. The second kappa shape index (κ2) is 4.84. The molecule has 0 bridgehead atoms. The standard InChI is InChI=1S/C11H5Cl2F2NOS/c12-8-3-6(11(13)18-8)10(17)5-1-4(14)2-7(16)9(5)15/h1-3H,16H2. The molecule has 1 aromatic carbocycles. The predicted octanol–water partition coefficient (Wildman–Crippen LogP) is 4.15. The third-order valence-electron chi connectivity index (χ3n) is 2.21. The Labute approximate surface area is 115 Å². The van der Waals surface area contributed by atoms with Gasteiger partial charge in [-0.1, -0.05) is 23.2 Å². The van der Waals surface area contributed by atoms with E-state index in [1.165, 1.54) is 6.07 Å². The number of nitrogens with two attached hydrogens (primary N) is 1. The zero-order valence-electron chi connectivity index (χ0n) is 8.64. The first kappa shape index (κ1) is 13.3. The summed E-state index contributed by atoms with van der Waals surface area (Å²) in [6.45, 7) is 0. The lowest BCUT2D eigenvalue weighted by atomic mass is 10.0. The molecule has 0 amide bonds. The Morgan fingerprint density at radius 3 is 2.39 bits per heavy atom. The molecule has 0 saturated carbocycles. The molecule has 18 heavy (non-hydrogen) atoms. The second-order valence-electron chi connectivity index (χ2n) is 3.42. The molecule has 0 aliphatic carbocycles. The maximum Gasteiger partial charge on any atom is 0.198 e. The van der Waals surface area contributed by atoms with E-state index in [-0.39, 0.29) is 14.2 Å². The van der Waals surface area contributed by atoms with Crippen molar-refractivity contribution in [2.45, 2.75) is 0 Å². The first-order valence-corrected chi connectivity index (χ1v) is 6.21. The molecule has 0 aliphatic rings. The first-order valence-electron chi connectivity index (χ1n) is 4.64. The second-order valence-corrected chi connectivity index (χ2v) is 5.71. The Bertz CT molecular complexity index is 642. The highest BCUT2D eigenvalue weighted by Crippen LogP contribution is 2.33. The van der Waals surface area contributed by atoms with E-state index in [0.717, 1.165) is 23.5 Å². The van der Waals surface area contributed by atoms with E-state index in [2.05, 4.69) is 0 Å². The minimum absolute atomic E-state index is 0.0237. The van der Waals surface area contributed by atoms with Crippen molar-refractivity contribution in [1.29, 1.82) is 0 Å². The summed E-state index contributed by atoms with van der Waals surface area (Å²) in [5.74, 6) is -2.53. The molecule has 1 aromatic heterocycles. The lowest BCUT2D eigenvalue weighted by Gasteiger charge is -2.04. The molecule has 0 unspecified atom stereocenters. The van der Waals surface area contributed by atoms with Crippen LogP contribution in [0, 0.1) is 11.6 Å². The molecule has 1 heterocycles. The fourth-order valence-corrected chi connectivity index (χ4v) is 2.87. The topological polar surface area (TPSA) is 43.1 Å². The fourth-order valence-electron chi connectivity index (χ4n) is 1.42. The average molecular weight is 308 g/mol. The van der Waals surface area contributed by atoms with E-state index >= 15 is 0 Å². The van der Waals surface area contributed by atoms with Gasteiger partial charge < -0.3 is 5.73 Å². The van der Waals surface area contributed by atoms with Crippen LogP contribution in [-0.4, -0.2) is 5.78 Å². The summed E-state index contributed by atoms with van der Waals surface area (Å²) >= 11 is 12.4. The smallest absolute Gasteiger partial charge is 0.198 e. The van der Waals surface area contributed by atoms with Gasteiger partial charge in [-0.15, -0.1) is 11.3 Å². The number of benzene rings is 1. The minimum Gasteiger partial charge on any atom is -0.396 e. The van der Waals surface area contributed by atoms with Crippen molar-refractivity contribution in [1.82, 2.24) is 0 Å². The Morgan fingerprint density at radius 2 is 1.83 bits per heavy atom. The summed E-state index contributed by atoms with van der Waals surface area (Å²) in [7, 11) is 0. The van der Waals surface area contributed by atoms with E-state index in [0.29, 0.717) is 0 Å². The molecule has 0 atom stereocenters. The van der Waals surface area contributed by atoms with Crippen LogP contribution < -0.4 is 5.73 Å². The van der Waals surface area contributed by atoms with Gasteiger partial charge in [-0.05, 0) is 18.2 Å². The highest BCUT2D eigenvalue weighted by molar-refractivity contribution is 7.20. The molecule has 0 spiro atoms. The van der Waals surface area contributed by atoms with Crippen LogP contribution >= 0.6 is 34.5 Å². The Morgan fingerprint density at radius 1 is 1.17 bits per heavy atom. The number of thiophene rings is 1. The monoisotopic (exact) mass is 307 g/mol. The number of carbonyl (C=O) groups excluding carboxylic acids is 1. The number of anilines is 1. The van der Waals surface area contributed by atoms with E-state index in [1.54, 1.807) is 0 Å². The maximum atomic E-state index is 13.7. The van der Waals surface area contributed by atoms with Gasteiger partial charge in [-0.2, -0.15) is 0 Å². The summed E-state index contributed by atoms with van der Waals surface area (Å²) in [6, 6.07) is 2.88. The molecule has 2 N–H and O–H groups in total. The zero-order chi connectivity index (χ0) is 13.4. The van der Waals surface area contributed by atoms with Gasteiger partial charge in [0.2, 0.25) is 0 Å². The zero-order valence-corrected chi connectivity index (χ0v) is 11.0. The third kappa shape index (κ3) is 2.34. The highest BCUT2D eigenvalue weighted by atomic mass is 35.5. The molecule has 0 radical (unpaired) electrons. The van der Waals surface area contributed by atoms with Crippen LogP contribution in [0.4, 0.5) is 14.5 Å². The normalized spacial score (nSPS) is 10.7. The summed E-state index contributed by atoms with van der Waals surface area (Å²) in [4.78, 5) is 12.0. The highest BCUT2D eigenvalue weighted by Gasteiger charge is 2.21. The number of halogens is 4. The molecule has 2 rings (SSSR count). The number of hydrogen-bond donors (Lipinski definition) is 1.